The average molecular weight is 268 g/mol. The van der Waals surface area contributed by atoms with Crippen molar-refractivity contribution in [1.29, 1.82) is 0 Å². The Kier molecular flexibility index (Phi) is 5.29. The van der Waals surface area contributed by atoms with Gasteiger partial charge in [-0.25, -0.2) is 5.84 Å². The molecule has 1 atom stereocenters. The predicted octanol–water partition coefficient (Wildman–Crippen LogP) is 1.43. The molecule has 0 saturated heterocycles. The van der Waals surface area contributed by atoms with Crippen LogP contribution < -0.4 is 20.9 Å². The fourth-order valence-corrected chi connectivity index (χ4v) is 1.46. The highest BCUT2D eigenvalue weighted by atomic mass is 16.5. The van der Waals surface area contributed by atoms with E-state index < -0.39 is 0 Å². The predicted molar refractivity (Wildman–Crippen MR) is 76.1 cm³/mol. The number of nitrogens with one attached hydrogen (secondary N) is 1. The summed E-state index contributed by atoms with van der Waals surface area (Å²) in [6.45, 7) is 10.2. The van der Waals surface area contributed by atoms with Crippen LogP contribution in [0.2, 0.25) is 0 Å². The number of hydrogen-bond donors (Lipinski definition) is 2. The zero-order valence-electron chi connectivity index (χ0n) is 12.5. The van der Waals surface area contributed by atoms with Crippen LogP contribution in [0.25, 0.3) is 0 Å². The highest BCUT2D eigenvalue weighted by Crippen LogP contribution is 2.19. The second kappa shape index (κ2) is 6.51. The number of rotatable bonds is 6. The Balaban J connectivity index is 3.05. The van der Waals surface area contributed by atoms with Crippen molar-refractivity contribution in [2.75, 3.05) is 17.4 Å². The van der Waals surface area contributed by atoms with E-state index >= 15 is 0 Å². The summed E-state index contributed by atoms with van der Waals surface area (Å²) in [6.07, 6.45) is -0.00583. The van der Waals surface area contributed by atoms with Crippen molar-refractivity contribution in [2.45, 2.75) is 46.8 Å². The lowest BCUT2D eigenvalue weighted by Crippen LogP contribution is -2.35. The Morgan fingerprint density at radius 2 is 1.74 bits per heavy atom. The molecule has 0 radical (unpaired) electrons. The average Bonchev–Trinajstić information content (AvgIpc) is 2.35. The molecule has 0 aliphatic heterocycles. The quantitative estimate of drug-likeness (QED) is 0.595. The van der Waals surface area contributed by atoms with Gasteiger partial charge in [0.25, 0.3) is 0 Å². The van der Waals surface area contributed by atoms with Gasteiger partial charge in [0.2, 0.25) is 11.9 Å². The molecule has 0 spiro atoms. The second-order valence-corrected chi connectivity index (χ2v) is 5.15. The van der Waals surface area contributed by atoms with Crippen LogP contribution in [0.4, 0.5) is 11.9 Å². The van der Waals surface area contributed by atoms with E-state index in [2.05, 4.69) is 41.1 Å². The van der Waals surface area contributed by atoms with E-state index in [0.29, 0.717) is 23.9 Å². The Bertz CT molecular complexity index is 409. The molecule has 1 aromatic rings. The first-order valence-electron chi connectivity index (χ1n) is 6.47. The Morgan fingerprint density at radius 3 is 2.21 bits per heavy atom. The normalized spacial score (nSPS) is 12.7. The van der Waals surface area contributed by atoms with Crippen LogP contribution >= 0.6 is 0 Å². The van der Waals surface area contributed by atoms with Gasteiger partial charge in [0.05, 0.1) is 6.10 Å². The molecule has 1 unspecified atom stereocenters. The summed E-state index contributed by atoms with van der Waals surface area (Å²) < 4.78 is 5.50. The molecule has 1 rings (SSSR count). The lowest BCUT2D eigenvalue weighted by Gasteiger charge is -2.28. The lowest BCUT2D eigenvalue weighted by molar-refractivity contribution is 0.222. The number of hydrogen-bond acceptors (Lipinski definition) is 7. The molecule has 0 aliphatic carbocycles. The molecule has 0 fully saturated rings. The number of aromatic nitrogens is 3. The van der Waals surface area contributed by atoms with Gasteiger partial charge >= 0.3 is 6.01 Å². The fourth-order valence-electron chi connectivity index (χ4n) is 1.46. The van der Waals surface area contributed by atoms with Gasteiger partial charge in [0.15, 0.2) is 0 Å². The first-order chi connectivity index (χ1) is 8.85. The van der Waals surface area contributed by atoms with Gasteiger partial charge < -0.3 is 9.64 Å². The van der Waals surface area contributed by atoms with Crippen LogP contribution in [0.3, 0.4) is 0 Å². The summed E-state index contributed by atoms with van der Waals surface area (Å²) >= 11 is 0. The van der Waals surface area contributed by atoms with Crippen LogP contribution in [-0.4, -0.2) is 34.1 Å². The first kappa shape index (κ1) is 15.4. The van der Waals surface area contributed by atoms with Gasteiger partial charge in [0, 0.05) is 13.1 Å². The van der Waals surface area contributed by atoms with Crippen LogP contribution in [0.15, 0.2) is 0 Å². The zero-order chi connectivity index (χ0) is 14.6. The maximum absolute atomic E-state index is 5.50. The minimum absolute atomic E-state index is 0.00583. The second-order valence-electron chi connectivity index (χ2n) is 5.15. The standard InChI is InChI=1S/C12H24N6O/c1-7(2)9(5)18(6)11-14-10(17-13)15-12(16-11)19-8(3)4/h7-9H,13H2,1-6H3,(H,14,15,16,17). The van der Waals surface area contributed by atoms with E-state index in [0.717, 1.165) is 0 Å². The minimum Gasteiger partial charge on any atom is -0.461 e. The minimum atomic E-state index is -0.00583. The zero-order valence-corrected chi connectivity index (χ0v) is 12.5. The van der Waals surface area contributed by atoms with Crippen molar-refractivity contribution < 1.29 is 4.74 Å². The molecule has 108 valence electrons. The van der Waals surface area contributed by atoms with Crippen molar-refractivity contribution in [3.05, 3.63) is 0 Å². The molecule has 7 heteroatoms. The molecule has 3 N–H and O–H groups in total. The molecule has 1 aromatic heterocycles. The van der Waals surface area contributed by atoms with Crippen LogP contribution in [0.5, 0.6) is 6.01 Å². The highest BCUT2D eigenvalue weighted by molar-refractivity contribution is 5.37. The summed E-state index contributed by atoms with van der Waals surface area (Å²) in [6, 6.07) is 0.565. The van der Waals surface area contributed by atoms with Gasteiger partial charge in [-0.1, -0.05) is 13.8 Å². The largest absolute Gasteiger partial charge is 0.461 e. The maximum Gasteiger partial charge on any atom is 0.323 e. The molecule has 0 saturated carbocycles. The first-order valence-corrected chi connectivity index (χ1v) is 6.47. The van der Waals surface area contributed by atoms with E-state index in [1.807, 2.05) is 25.8 Å². The molecule has 7 nitrogen and oxygen atoms in total. The third-order valence-electron chi connectivity index (χ3n) is 2.96. The molecule has 19 heavy (non-hydrogen) atoms. The molecule has 0 amide bonds. The topological polar surface area (TPSA) is 89.2 Å². The summed E-state index contributed by atoms with van der Waals surface area (Å²) in [5.41, 5.74) is 2.44. The van der Waals surface area contributed by atoms with E-state index in [4.69, 9.17) is 10.6 Å². The Labute approximate surface area is 114 Å². The highest BCUT2D eigenvalue weighted by Gasteiger charge is 2.18. The number of ether oxygens (including phenoxy) is 1. The number of anilines is 2. The monoisotopic (exact) mass is 268 g/mol. The van der Waals surface area contributed by atoms with Gasteiger partial charge in [-0.3, -0.25) is 5.43 Å². The van der Waals surface area contributed by atoms with Crippen LogP contribution in [0.1, 0.15) is 34.6 Å². The van der Waals surface area contributed by atoms with Gasteiger partial charge in [0.1, 0.15) is 0 Å². The van der Waals surface area contributed by atoms with Gasteiger partial charge in [-0.2, -0.15) is 15.0 Å². The van der Waals surface area contributed by atoms with Crippen LogP contribution in [-0.2, 0) is 0 Å². The van der Waals surface area contributed by atoms with Crippen molar-refractivity contribution in [3.8, 4) is 6.01 Å². The molecular formula is C12H24N6O. The molecule has 0 bridgehead atoms. The molecule has 1 heterocycles. The molecule has 0 aliphatic rings. The van der Waals surface area contributed by atoms with E-state index in [1.54, 1.807) is 0 Å². The third kappa shape index (κ3) is 4.20. The van der Waals surface area contributed by atoms with E-state index in [1.165, 1.54) is 0 Å². The number of nitrogens with two attached hydrogens (primary N) is 1. The smallest absolute Gasteiger partial charge is 0.323 e. The maximum atomic E-state index is 5.50. The summed E-state index contributed by atoms with van der Waals surface area (Å²) in [7, 11) is 1.94. The Morgan fingerprint density at radius 1 is 1.11 bits per heavy atom. The van der Waals surface area contributed by atoms with Crippen molar-refractivity contribution in [1.82, 2.24) is 15.0 Å². The lowest BCUT2D eigenvalue weighted by atomic mass is 10.1. The number of nitrogens with zero attached hydrogens (tertiary/aromatic N) is 4. The van der Waals surface area contributed by atoms with Crippen LogP contribution in [0, 0.1) is 5.92 Å². The summed E-state index contributed by atoms with van der Waals surface area (Å²) in [5.74, 6) is 6.69. The van der Waals surface area contributed by atoms with Crippen molar-refractivity contribution in [3.63, 3.8) is 0 Å². The van der Waals surface area contributed by atoms with Gasteiger partial charge in [-0.05, 0) is 26.7 Å². The van der Waals surface area contributed by atoms with Gasteiger partial charge in [-0.15, -0.1) is 0 Å². The van der Waals surface area contributed by atoms with E-state index in [-0.39, 0.29) is 12.1 Å². The van der Waals surface area contributed by atoms with E-state index in [9.17, 15) is 0 Å². The number of hydrazine groups is 1. The molecule has 0 aromatic carbocycles. The van der Waals surface area contributed by atoms with Crippen molar-refractivity contribution in [2.24, 2.45) is 11.8 Å². The SMILES string of the molecule is CC(C)Oc1nc(NN)nc(N(C)C(C)C(C)C)n1. The fraction of sp³-hybridized carbons (Fsp3) is 0.750. The summed E-state index contributed by atoms with van der Waals surface area (Å²) in [5, 5.41) is 0. The third-order valence-corrected chi connectivity index (χ3v) is 2.96. The number of nitrogen functional groups attached to an aromatic ring is 1. The van der Waals surface area contributed by atoms with Crippen molar-refractivity contribution >= 4 is 11.9 Å². The molecular weight excluding hydrogens is 244 g/mol. The summed E-state index contributed by atoms with van der Waals surface area (Å²) in [4.78, 5) is 14.6. The Hall–Kier alpha value is -1.63.